The molecule has 4 rings (SSSR count). The Hall–Kier alpha value is -2.21. The summed E-state index contributed by atoms with van der Waals surface area (Å²) in [7, 11) is 0. The molecule has 1 aliphatic rings. The van der Waals surface area contributed by atoms with Gasteiger partial charge in [-0.05, 0) is 0 Å². The van der Waals surface area contributed by atoms with E-state index in [2.05, 4.69) is 28.0 Å². The lowest BCUT2D eigenvalue weighted by molar-refractivity contribution is 0.264. The third-order valence-electron chi connectivity index (χ3n) is 3.62. The van der Waals surface area contributed by atoms with Gasteiger partial charge in [-0.2, -0.15) is 0 Å². The SMILES string of the molecule is O=NN1CCc2c(sc3nc(-c4ccccc4)cn23)C1. The van der Waals surface area contributed by atoms with Crippen molar-refractivity contribution in [2.45, 2.75) is 13.0 Å². The Labute approximate surface area is 119 Å². The van der Waals surface area contributed by atoms with Gasteiger partial charge in [0.1, 0.15) is 0 Å². The van der Waals surface area contributed by atoms with Gasteiger partial charge in [0.25, 0.3) is 0 Å². The van der Waals surface area contributed by atoms with E-state index in [1.807, 2.05) is 18.2 Å². The molecule has 0 amide bonds. The Kier molecular flexibility index (Phi) is 2.56. The van der Waals surface area contributed by atoms with Crippen molar-refractivity contribution in [3.8, 4) is 11.3 Å². The molecule has 3 heterocycles. The van der Waals surface area contributed by atoms with E-state index >= 15 is 0 Å². The highest BCUT2D eigenvalue weighted by atomic mass is 32.1. The first kappa shape index (κ1) is 11.6. The van der Waals surface area contributed by atoms with Crippen LogP contribution < -0.4 is 0 Å². The van der Waals surface area contributed by atoms with Crippen LogP contribution >= 0.6 is 11.3 Å². The minimum atomic E-state index is 0.605. The Morgan fingerprint density at radius 3 is 2.90 bits per heavy atom. The van der Waals surface area contributed by atoms with E-state index in [1.54, 1.807) is 16.3 Å². The predicted molar refractivity (Wildman–Crippen MR) is 78.4 cm³/mol. The fourth-order valence-electron chi connectivity index (χ4n) is 2.61. The molecule has 1 aliphatic heterocycles. The second-order valence-corrected chi connectivity index (χ2v) is 5.90. The van der Waals surface area contributed by atoms with Crippen molar-refractivity contribution < 1.29 is 0 Å². The summed E-state index contributed by atoms with van der Waals surface area (Å²) in [6, 6.07) is 10.2. The van der Waals surface area contributed by atoms with Crippen LogP contribution in [0.1, 0.15) is 10.6 Å². The molecule has 20 heavy (non-hydrogen) atoms. The average Bonchev–Trinajstić information content (AvgIpc) is 3.05. The number of rotatable bonds is 2. The number of imidazole rings is 1. The molecule has 0 unspecified atom stereocenters. The van der Waals surface area contributed by atoms with Gasteiger partial charge < -0.3 is 0 Å². The second-order valence-electron chi connectivity index (χ2n) is 4.84. The number of fused-ring (bicyclic) bond motifs is 3. The van der Waals surface area contributed by atoms with E-state index in [0.29, 0.717) is 13.1 Å². The first-order valence-corrected chi connectivity index (χ1v) is 7.30. The molecule has 1 aromatic carbocycles. The highest BCUT2D eigenvalue weighted by Gasteiger charge is 2.22. The first-order chi connectivity index (χ1) is 9.85. The normalized spacial score (nSPS) is 14.5. The monoisotopic (exact) mass is 284 g/mol. The summed E-state index contributed by atoms with van der Waals surface area (Å²) in [5.74, 6) is 0. The average molecular weight is 284 g/mol. The van der Waals surface area contributed by atoms with Crippen molar-refractivity contribution in [2.24, 2.45) is 5.29 Å². The molecular weight excluding hydrogens is 272 g/mol. The van der Waals surface area contributed by atoms with Gasteiger partial charge >= 0.3 is 0 Å². The summed E-state index contributed by atoms with van der Waals surface area (Å²) in [6.07, 6.45) is 2.93. The predicted octanol–water partition coefficient (Wildman–Crippen LogP) is 3.10. The molecular formula is C14H12N4OS. The molecule has 0 fully saturated rings. The summed E-state index contributed by atoms with van der Waals surface area (Å²) in [4.78, 5) is 17.5. The van der Waals surface area contributed by atoms with Crippen molar-refractivity contribution in [3.63, 3.8) is 0 Å². The molecule has 0 atom stereocenters. The first-order valence-electron chi connectivity index (χ1n) is 6.48. The van der Waals surface area contributed by atoms with Crippen LogP contribution in [0.3, 0.4) is 0 Å². The van der Waals surface area contributed by atoms with Gasteiger partial charge in [0.15, 0.2) is 4.96 Å². The van der Waals surface area contributed by atoms with E-state index in [-0.39, 0.29) is 0 Å². The zero-order valence-electron chi connectivity index (χ0n) is 10.7. The van der Waals surface area contributed by atoms with E-state index in [1.165, 1.54) is 10.6 Å². The lowest BCUT2D eigenvalue weighted by Crippen LogP contribution is -2.24. The van der Waals surface area contributed by atoms with Crippen LogP contribution in [0.15, 0.2) is 41.8 Å². The Morgan fingerprint density at radius 2 is 2.10 bits per heavy atom. The quantitative estimate of drug-likeness (QED) is 0.679. The van der Waals surface area contributed by atoms with Crippen LogP contribution in [0.4, 0.5) is 0 Å². The third-order valence-corrected chi connectivity index (χ3v) is 4.70. The number of hydrogen-bond donors (Lipinski definition) is 0. The van der Waals surface area contributed by atoms with E-state index in [4.69, 9.17) is 4.98 Å². The fraction of sp³-hybridized carbons (Fsp3) is 0.214. The van der Waals surface area contributed by atoms with Crippen molar-refractivity contribution in [3.05, 3.63) is 52.0 Å². The number of benzene rings is 1. The van der Waals surface area contributed by atoms with Gasteiger partial charge in [-0.25, -0.2) is 4.98 Å². The minimum absolute atomic E-state index is 0.605. The molecule has 2 aromatic heterocycles. The van der Waals surface area contributed by atoms with E-state index < -0.39 is 0 Å². The smallest absolute Gasteiger partial charge is 0.194 e. The number of hydrogen-bond acceptors (Lipinski definition) is 4. The Bertz CT molecular complexity index is 777. The van der Waals surface area contributed by atoms with Gasteiger partial charge in [-0.3, -0.25) is 9.41 Å². The topological polar surface area (TPSA) is 50.0 Å². The van der Waals surface area contributed by atoms with Gasteiger partial charge in [0.05, 0.1) is 17.5 Å². The third kappa shape index (κ3) is 1.72. The van der Waals surface area contributed by atoms with Crippen molar-refractivity contribution in [1.29, 1.82) is 0 Å². The van der Waals surface area contributed by atoms with E-state index in [0.717, 1.165) is 22.6 Å². The zero-order chi connectivity index (χ0) is 13.5. The van der Waals surface area contributed by atoms with Crippen LogP contribution in [0.2, 0.25) is 0 Å². The maximum Gasteiger partial charge on any atom is 0.194 e. The highest BCUT2D eigenvalue weighted by Crippen LogP contribution is 2.31. The Morgan fingerprint density at radius 1 is 1.25 bits per heavy atom. The standard InChI is InChI=1S/C14H12N4OS/c19-16-17-7-6-12-13(9-17)20-14-15-11(8-18(12)14)10-4-2-1-3-5-10/h1-5,8H,6-7,9H2. The zero-order valence-corrected chi connectivity index (χ0v) is 11.5. The van der Waals surface area contributed by atoms with Gasteiger partial charge in [-0.1, -0.05) is 41.7 Å². The van der Waals surface area contributed by atoms with Crippen molar-refractivity contribution >= 4 is 16.3 Å². The van der Waals surface area contributed by atoms with Crippen LogP contribution in [-0.2, 0) is 13.0 Å². The van der Waals surface area contributed by atoms with Gasteiger partial charge in [-0.15, -0.1) is 4.91 Å². The van der Waals surface area contributed by atoms with E-state index in [9.17, 15) is 4.91 Å². The van der Waals surface area contributed by atoms with Gasteiger partial charge in [0, 0.05) is 35.3 Å². The molecule has 5 nitrogen and oxygen atoms in total. The number of thiazole rings is 1. The molecule has 0 spiro atoms. The molecule has 0 bridgehead atoms. The van der Waals surface area contributed by atoms with Crippen LogP contribution in [0.25, 0.3) is 16.2 Å². The second kappa shape index (κ2) is 4.42. The van der Waals surface area contributed by atoms with Gasteiger partial charge in [0.2, 0.25) is 0 Å². The fourth-order valence-corrected chi connectivity index (χ4v) is 3.77. The summed E-state index contributed by atoms with van der Waals surface area (Å²) < 4.78 is 2.16. The number of nitroso groups, excluding NO2 is 1. The summed E-state index contributed by atoms with van der Waals surface area (Å²) in [5, 5.41) is 4.59. The molecule has 0 saturated heterocycles. The minimum Gasteiger partial charge on any atom is -0.294 e. The number of aromatic nitrogens is 2. The number of nitrogens with zero attached hydrogens (tertiary/aromatic N) is 4. The molecule has 0 radical (unpaired) electrons. The van der Waals surface area contributed by atoms with Crippen LogP contribution in [0, 0.1) is 4.91 Å². The molecule has 0 aliphatic carbocycles. The van der Waals surface area contributed by atoms with Crippen LogP contribution in [-0.4, -0.2) is 20.9 Å². The molecule has 3 aromatic rings. The molecule has 6 heteroatoms. The molecule has 100 valence electrons. The van der Waals surface area contributed by atoms with Crippen molar-refractivity contribution in [2.75, 3.05) is 6.54 Å². The summed E-state index contributed by atoms with van der Waals surface area (Å²) in [5.41, 5.74) is 3.39. The molecule has 0 saturated carbocycles. The lowest BCUT2D eigenvalue weighted by atomic mass is 10.2. The Balaban J connectivity index is 1.79. The summed E-state index contributed by atoms with van der Waals surface area (Å²) >= 11 is 1.65. The largest absolute Gasteiger partial charge is 0.294 e. The maximum atomic E-state index is 10.6. The molecule has 0 N–H and O–H groups in total. The van der Waals surface area contributed by atoms with Crippen LogP contribution in [0.5, 0.6) is 0 Å². The summed E-state index contributed by atoms with van der Waals surface area (Å²) in [6.45, 7) is 1.29. The highest BCUT2D eigenvalue weighted by molar-refractivity contribution is 7.17. The maximum absolute atomic E-state index is 10.6. The lowest BCUT2D eigenvalue weighted by Gasteiger charge is -2.20. The van der Waals surface area contributed by atoms with Crippen molar-refractivity contribution in [1.82, 2.24) is 14.4 Å².